The summed E-state index contributed by atoms with van der Waals surface area (Å²) >= 11 is 0. The van der Waals surface area contributed by atoms with E-state index in [1.165, 1.54) is 12.8 Å². The molecule has 1 heterocycles. The van der Waals surface area contributed by atoms with Crippen molar-refractivity contribution in [3.63, 3.8) is 0 Å². The molecule has 0 bridgehead atoms. The van der Waals surface area contributed by atoms with Gasteiger partial charge in [-0.2, -0.15) is 0 Å². The fraction of sp³-hybridized carbons (Fsp3) is 0.429. The minimum Gasteiger partial charge on any atom is -0.398 e. The summed E-state index contributed by atoms with van der Waals surface area (Å²) in [6, 6.07) is 5.36. The van der Waals surface area contributed by atoms with Crippen LogP contribution in [0.25, 0.3) is 0 Å². The van der Waals surface area contributed by atoms with Gasteiger partial charge in [-0.05, 0) is 25.1 Å². The summed E-state index contributed by atoms with van der Waals surface area (Å²) in [5, 5.41) is 3.39. The number of nitrogen functional groups attached to an aromatic ring is 1. The number of unbranched alkanes of at least 4 members (excludes halogenated alkanes) is 2. The Balaban J connectivity index is 2.14. The third-order valence-electron chi connectivity index (χ3n) is 3.17. The number of carbonyl (C=O) groups is 1. The molecule has 96 valence electrons. The maximum atomic E-state index is 11.7. The highest BCUT2D eigenvalue weighted by Crippen LogP contribution is 2.27. The van der Waals surface area contributed by atoms with Crippen molar-refractivity contribution in [3.05, 3.63) is 29.3 Å². The molecule has 4 heteroatoms. The van der Waals surface area contributed by atoms with Crippen molar-refractivity contribution in [2.45, 2.75) is 32.2 Å². The number of rotatable bonds is 5. The molecule has 0 aliphatic carbocycles. The first kappa shape index (κ1) is 12.8. The largest absolute Gasteiger partial charge is 0.398 e. The van der Waals surface area contributed by atoms with Gasteiger partial charge in [0.25, 0.3) is 5.91 Å². The second-order valence-corrected chi connectivity index (χ2v) is 4.53. The average Bonchev–Trinajstić information content (AvgIpc) is 2.38. The van der Waals surface area contributed by atoms with Crippen molar-refractivity contribution in [2.75, 3.05) is 12.3 Å². The molecule has 18 heavy (non-hydrogen) atoms. The molecule has 0 radical (unpaired) electrons. The first-order valence-corrected chi connectivity index (χ1v) is 6.44. The fourth-order valence-corrected chi connectivity index (χ4v) is 2.19. The van der Waals surface area contributed by atoms with Crippen LogP contribution in [0.3, 0.4) is 0 Å². The lowest BCUT2D eigenvalue weighted by Gasteiger charge is -2.22. The van der Waals surface area contributed by atoms with Crippen LogP contribution in [0, 0.1) is 0 Å². The Morgan fingerprint density at radius 2 is 2.22 bits per heavy atom. The highest BCUT2D eigenvalue weighted by atomic mass is 16.1. The van der Waals surface area contributed by atoms with Gasteiger partial charge >= 0.3 is 0 Å². The van der Waals surface area contributed by atoms with E-state index in [2.05, 4.69) is 17.2 Å². The van der Waals surface area contributed by atoms with Crippen molar-refractivity contribution in [2.24, 2.45) is 4.99 Å². The van der Waals surface area contributed by atoms with Gasteiger partial charge in [-0.3, -0.25) is 4.79 Å². The summed E-state index contributed by atoms with van der Waals surface area (Å²) in [5.74, 6) is -0.205. The summed E-state index contributed by atoms with van der Waals surface area (Å²) in [7, 11) is 0. The zero-order valence-electron chi connectivity index (χ0n) is 10.6. The van der Waals surface area contributed by atoms with E-state index in [0.717, 1.165) is 18.5 Å². The van der Waals surface area contributed by atoms with E-state index in [1.807, 2.05) is 6.07 Å². The minimum absolute atomic E-state index is 0.0456. The minimum atomic E-state index is -0.205. The summed E-state index contributed by atoms with van der Waals surface area (Å²) < 4.78 is 0. The normalized spacial score (nSPS) is 17.8. The molecular weight excluding hydrogens is 226 g/mol. The summed E-state index contributed by atoms with van der Waals surface area (Å²) in [4.78, 5) is 15.6. The third-order valence-corrected chi connectivity index (χ3v) is 3.17. The van der Waals surface area contributed by atoms with Crippen molar-refractivity contribution in [1.82, 2.24) is 5.32 Å². The van der Waals surface area contributed by atoms with Crippen molar-refractivity contribution >= 4 is 17.8 Å². The predicted octanol–water partition coefficient (Wildman–Crippen LogP) is 2.31. The lowest BCUT2D eigenvalue weighted by molar-refractivity contribution is 0.0999. The number of nitrogens with zero attached hydrogens (tertiary/aromatic N) is 1. The molecule has 1 unspecified atom stereocenters. The van der Waals surface area contributed by atoms with E-state index in [9.17, 15) is 4.79 Å². The number of hydrogen-bond acceptors (Lipinski definition) is 3. The number of fused-ring (bicyclic) bond motifs is 1. The molecule has 1 atom stereocenters. The van der Waals surface area contributed by atoms with Crippen molar-refractivity contribution < 1.29 is 4.79 Å². The molecule has 1 aromatic carbocycles. The van der Waals surface area contributed by atoms with Crippen molar-refractivity contribution in [1.29, 1.82) is 0 Å². The van der Waals surface area contributed by atoms with E-state index in [0.29, 0.717) is 11.3 Å². The summed E-state index contributed by atoms with van der Waals surface area (Å²) in [5.41, 5.74) is 8.11. The van der Waals surface area contributed by atoms with Gasteiger partial charge in [-0.1, -0.05) is 25.8 Å². The molecule has 0 saturated heterocycles. The topological polar surface area (TPSA) is 67.5 Å². The number of carbonyl (C=O) groups excluding carboxylic acids is 1. The molecule has 1 aliphatic heterocycles. The quantitative estimate of drug-likeness (QED) is 0.618. The summed E-state index contributed by atoms with van der Waals surface area (Å²) in [6.07, 6.45) is 5.18. The van der Waals surface area contributed by atoms with Gasteiger partial charge in [0.2, 0.25) is 0 Å². The number of nitrogens with one attached hydrogen (secondary N) is 1. The van der Waals surface area contributed by atoms with Crippen LogP contribution >= 0.6 is 0 Å². The fourth-order valence-electron chi connectivity index (χ4n) is 2.19. The van der Waals surface area contributed by atoms with E-state index in [-0.39, 0.29) is 11.9 Å². The maximum absolute atomic E-state index is 11.7. The van der Waals surface area contributed by atoms with Crippen LogP contribution in [0.4, 0.5) is 5.69 Å². The smallest absolute Gasteiger partial charge is 0.277 e. The zero-order chi connectivity index (χ0) is 13.0. The van der Waals surface area contributed by atoms with E-state index < -0.39 is 0 Å². The van der Waals surface area contributed by atoms with Gasteiger partial charge in [0.05, 0.1) is 6.04 Å². The predicted molar refractivity (Wildman–Crippen MR) is 73.9 cm³/mol. The Labute approximate surface area is 107 Å². The Bertz CT molecular complexity index is 468. The van der Waals surface area contributed by atoms with E-state index in [4.69, 9.17) is 5.73 Å². The Hall–Kier alpha value is -1.68. The second-order valence-electron chi connectivity index (χ2n) is 4.53. The molecule has 0 aromatic heterocycles. The van der Waals surface area contributed by atoms with Gasteiger partial charge in [0.1, 0.15) is 0 Å². The van der Waals surface area contributed by atoms with Gasteiger partial charge in [-0.25, -0.2) is 4.99 Å². The van der Waals surface area contributed by atoms with Crippen molar-refractivity contribution in [3.8, 4) is 0 Å². The Morgan fingerprint density at radius 3 is 3.00 bits per heavy atom. The number of nitrogens with two attached hydrogens (primary N) is 1. The number of anilines is 1. The average molecular weight is 245 g/mol. The number of amides is 1. The number of benzene rings is 1. The zero-order valence-corrected chi connectivity index (χ0v) is 10.6. The molecule has 3 N–H and O–H groups in total. The van der Waals surface area contributed by atoms with Crippen LogP contribution in [0.2, 0.25) is 0 Å². The van der Waals surface area contributed by atoms with Crippen LogP contribution in [0.15, 0.2) is 23.2 Å². The van der Waals surface area contributed by atoms with Gasteiger partial charge in [0, 0.05) is 23.0 Å². The maximum Gasteiger partial charge on any atom is 0.277 e. The Kier molecular flexibility index (Phi) is 4.10. The number of hydrogen-bond donors (Lipinski definition) is 2. The molecular formula is C14H19N3O. The molecule has 0 fully saturated rings. The van der Waals surface area contributed by atoms with Crippen LogP contribution in [0.1, 0.15) is 48.1 Å². The highest BCUT2D eigenvalue weighted by Gasteiger charge is 2.23. The van der Waals surface area contributed by atoms with Crippen LogP contribution in [-0.4, -0.2) is 18.7 Å². The molecule has 1 aromatic rings. The molecule has 1 amide bonds. The van der Waals surface area contributed by atoms with E-state index >= 15 is 0 Å². The second kappa shape index (κ2) is 5.78. The Morgan fingerprint density at radius 1 is 1.39 bits per heavy atom. The SMILES string of the molecule is CCCCCNC1C=NC(=O)c2cccc(N)c21. The lowest BCUT2D eigenvalue weighted by Crippen LogP contribution is -2.29. The first-order valence-electron chi connectivity index (χ1n) is 6.44. The molecule has 1 aliphatic rings. The standard InChI is InChI=1S/C14H19N3O/c1-2-3-4-8-16-12-9-17-14(18)10-6-5-7-11(15)13(10)12/h5-7,9,12,16H,2-4,8,15H2,1H3. The van der Waals surface area contributed by atoms with Gasteiger partial charge in [-0.15, -0.1) is 0 Å². The number of aliphatic imine (C=N–C) groups is 1. The lowest BCUT2D eigenvalue weighted by atomic mass is 9.96. The van der Waals surface area contributed by atoms with E-state index in [1.54, 1.807) is 18.3 Å². The summed E-state index contributed by atoms with van der Waals surface area (Å²) in [6.45, 7) is 3.08. The molecule has 2 rings (SSSR count). The first-order chi connectivity index (χ1) is 8.74. The van der Waals surface area contributed by atoms with Gasteiger partial charge < -0.3 is 11.1 Å². The van der Waals surface area contributed by atoms with Gasteiger partial charge in [0.15, 0.2) is 0 Å². The van der Waals surface area contributed by atoms with Crippen LogP contribution < -0.4 is 11.1 Å². The third kappa shape index (κ3) is 2.59. The van der Waals surface area contributed by atoms with Crippen LogP contribution in [-0.2, 0) is 0 Å². The molecule has 4 nitrogen and oxygen atoms in total. The van der Waals surface area contributed by atoms with Crippen LogP contribution in [0.5, 0.6) is 0 Å². The highest BCUT2D eigenvalue weighted by molar-refractivity contribution is 6.05. The monoisotopic (exact) mass is 245 g/mol. The molecule has 0 spiro atoms. The molecule has 0 saturated carbocycles.